The maximum atomic E-state index is 3.94. The smallest absolute Gasteiger partial charge is 0.0723 e. The highest BCUT2D eigenvalue weighted by Crippen LogP contribution is 1.99. The summed E-state index contributed by atoms with van der Waals surface area (Å²) in [6.45, 7) is 0. The van der Waals surface area contributed by atoms with Crippen molar-refractivity contribution in [1.29, 1.82) is 0 Å². The first kappa shape index (κ1) is 5.15. The first-order valence-corrected chi connectivity index (χ1v) is 2.49. The number of anilines is 1. The molecule has 1 N–H and O–H groups in total. The first-order valence-electron chi connectivity index (χ1n) is 2.49. The van der Waals surface area contributed by atoms with Crippen LogP contribution < -0.4 is 5.32 Å². The number of nitrogens with one attached hydrogen (secondary N) is 1. The molecule has 3 heteroatoms. The quantitative estimate of drug-likeness (QED) is 0.570. The van der Waals surface area contributed by atoms with Gasteiger partial charge in [-0.15, -0.1) is 0 Å². The molecular formula is C5H9N3. The monoisotopic (exact) mass is 111 g/mol. The normalized spacial score (nSPS) is 9.25. The van der Waals surface area contributed by atoms with E-state index >= 15 is 0 Å². The molecule has 0 unspecified atom stereocenters. The lowest BCUT2D eigenvalue weighted by atomic mass is 10.6. The number of hydrogen-bond donors (Lipinski definition) is 1. The van der Waals surface area contributed by atoms with Crippen molar-refractivity contribution in [3.8, 4) is 0 Å². The lowest BCUT2D eigenvalue weighted by Crippen LogP contribution is -1.85. The number of rotatable bonds is 1. The van der Waals surface area contributed by atoms with Gasteiger partial charge in [-0.1, -0.05) is 0 Å². The minimum Gasteiger partial charge on any atom is -0.386 e. The molecule has 0 aromatic carbocycles. The van der Waals surface area contributed by atoms with Crippen LogP contribution in [0.25, 0.3) is 0 Å². The number of hydrogen-bond acceptors (Lipinski definition) is 2. The third-order valence-corrected chi connectivity index (χ3v) is 0.994. The van der Waals surface area contributed by atoms with Gasteiger partial charge in [-0.3, -0.25) is 4.68 Å². The Bertz CT molecular complexity index is 168. The minimum absolute atomic E-state index is 1.05. The molecule has 0 amide bonds. The Morgan fingerprint density at radius 2 is 2.50 bits per heavy atom. The Kier molecular flexibility index (Phi) is 1.20. The van der Waals surface area contributed by atoms with Crippen LogP contribution in [0.1, 0.15) is 0 Å². The maximum absolute atomic E-state index is 3.94. The van der Waals surface area contributed by atoms with Crippen molar-refractivity contribution in [1.82, 2.24) is 9.78 Å². The lowest BCUT2D eigenvalue weighted by Gasteiger charge is -1.86. The minimum atomic E-state index is 1.05. The molecule has 0 saturated heterocycles. The summed E-state index contributed by atoms with van der Waals surface area (Å²) in [6, 6.07) is 0. The van der Waals surface area contributed by atoms with Crippen LogP contribution in [0.15, 0.2) is 12.4 Å². The molecule has 0 radical (unpaired) electrons. The predicted octanol–water partition coefficient (Wildman–Crippen LogP) is 0.462. The second-order valence-electron chi connectivity index (χ2n) is 1.65. The van der Waals surface area contributed by atoms with E-state index in [1.807, 2.05) is 20.3 Å². The predicted molar refractivity (Wildman–Crippen MR) is 32.8 cm³/mol. The average Bonchev–Trinajstić information content (AvgIpc) is 2.14. The van der Waals surface area contributed by atoms with Crippen LogP contribution in [0.3, 0.4) is 0 Å². The van der Waals surface area contributed by atoms with Gasteiger partial charge in [0.25, 0.3) is 0 Å². The van der Waals surface area contributed by atoms with E-state index in [0.717, 1.165) is 5.69 Å². The largest absolute Gasteiger partial charge is 0.386 e. The summed E-state index contributed by atoms with van der Waals surface area (Å²) in [5.74, 6) is 0. The van der Waals surface area contributed by atoms with E-state index < -0.39 is 0 Å². The molecule has 0 aliphatic rings. The third-order valence-electron chi connectivity index (χ3n) is 0.994. The lowest BCUT2D eigenvalue weighted by molar-refractivity contribution is 0.768. The molecule has 0 atom stereocenters. The summed E-state index contributed by atoms with van der Waals surface area (Å²) in [7, 11) is 3.76. The van der Waals surface area contributed by atoms with Gasteiger partial charge in [0.15, 0.2) is 0 Å². The third kappa shape index (κ3) is 0.804. The molecule has 1 aromatic rings. The van der Waals surface area contributed by atoms with Gasteiger partial charge in [-0.25, -0.2) is 0 Å². The van der Waals surface area contributed by atoms with Crippen LogP contribution >= 0.6 is 0 Å². The topological polar surface area (TPSA) is 29.9 Å². The van der Waals surface area contributed by atoms with E-state index in [0.29, 0.717) is 0 Å². The second-order valence-corrected chi connectivity index (χ2v) is 1.65. The van der Waals surface area contributed by atoms with Gasteiger partial charge < -0.3 is 5.32 Å². The highest BCUT2D eigenvalue weighted by atomic mass is 15.2. The van der Waals surface area contributed by atoms with Crippen LogP contribution in [0.4, 0.5) is 5.69 Å². The standard InChI is InChI=1S/C5H9N3/c1-6-5-3-7-8(2)4-5/h3-4,6H,1-2H3. The Labute approximate surface area is 48.3 Å². The van der Waals surface area contributed by atoms with Crippen molar-refractivity contribution < 1.29 is 0 Å². The van der Waals surface area contributed by atoms with Gasteiger partial charge in [-0.2, -0.15) is 5.10 Å². The van der Waals surface area contributed by atoms with E-state index in [-0.39, 0.29) is 0 Å². The van der Waals surface area contributed by atoms with Gasteiger partial charge in [0, 0.05) is 20.3 Å². The maximum Gasteiger partial charge on any atom is 0.0723 e. The summed E-state index contributed by atoms with van der Waals surface area (Å²) in [5, 5.41) is 6.91. The van der Waals surface area contributed by atoms with Crippen LogP contribution in [0.5, 0.6) is 0 Å². The van der Waals surface area contributed by atoms with Crippen molar-refractivity contribution in [2.75, 3.05) is 12.4 Å². The van der Waals surface area contributed by atoms with Crippen LogP contribution in [-0.2, 0) is 7.05 Å². The molecule has 3 nitrogen and oxygen atoms in total. The van der Waals surface area contributed by atoms with Crippen LogP contribution in [-0.4, -0.2) is 16.8 Å². The molecule has 0 spiro atoms. The van der Waals surface area contributed by atoms with Crippen molar-refractivity contribution in [2.24, 2.45) is 7.05 Å². The van der Waals surface area contributed by atoms with Crippen molar-refractivity contribution >= 4 is 5.69 Å². The molecule has 1 aromatic heterocycles. The zero-order valence-electron chi connectivity index (χ0n) is 5.05. The molecule has 0 aliphatic carbocycles. The first-order chi connectivity index (χ1) is 3.83. The Morgan fingerprint density at radius 1 is 1.75 bits per heavy atom. The zero-order valence-corrected chi connectivity index (χ0v) is 5.05. The van der Waals surface area contributed by atoms with E-state index in [1.165, 1.54) is 0 Å². The van der Waals surface area contributed by atoms with E-state index in [2.05, 4.69) is 10.4 Å². The Morgan fingerprint density at radius 3 is 2.75 bits per heavy atom. The fourth-order valence-electron chi connectivity index (χ4n) is 0.550. The highest BCUT2D eigenvalue weighted by Gasteiger charge is 1.86. The molecule has 8 heavy (non-hydrogen) atoms. The van der Waals surface area contributed by atoms with E-state index in [4.69, 9.17) is 0 Å². The van der Waals surface area contributed by atoms with Gasteiger partial charge in [-0.05, 0) is 0 Å². The molecule has 0 saturated carbocycles. The van der Waals surface area contributed by atoms with Crippen molar-refractivity contribution in [2.45, 2.75) is 0 Å². The summed E-state index contributed by atoms with van der Waals surface area (Å²) >= 11 is 0. The molecule has 44 valence electrons. The van der Waals surface area contributed by atoms with Gasteiger partial charge in [0.2, 0.25) is 0 Å². The Hall–Kier alpha value is -0.990. The second kappa shape index (κ2) is 1.86. The van der Waals surface area contributed by atoms with Crippen molar-refractivity contribution in [3.63, 3.8) is 0 Å². The van der Waals surface area contributed by atoms with E-state index in [9.17, 15) is 0 Å². The molecule has 0 bridgehead atoms. The fraction of sp³-hybridized carbons (Fsp3) is 0.400. The van der Waals surface area contributed by atoms with E-state index in [1.54, 1.807) is 10.9 Å². The molecule has 0 aliphatic heterocycles. The summed E-state index contributed by atoms with van der Waals surface area (Å²) in [4.78, 5) is 0. The molecule has 1 heterocycles. The molecule has 0 fully saturated rings. The fourth-order valence-corrected chi connectivity index (χ4v) is 0.550. The van der Waals surface area contributed by atoms with Crippen LogP contribution in [0, 0.1) is 0 Å². The molecule has 1 rings (SSSR count). The number of aryl methyl sites for hydroxylation is 1. The average molecular weight is 111 g/mol. The van der Waals surface area contributed by atoms with Gasteiger partial charge in [0.05, 0.1) is 11.9 Å². The SMILES string of the molecule is CNc1cnn(C)c1. The summed E-state index contributed by atoms with van der Waals surface area (Å²) < 4.78 is 1.76. The van der Waals surface area contributed by atoms with Crippen molar-refractivity contribution in [3.05, 3.63) is 12.4 Å². The number of nitrogens with zero attached hydrogens (tertiary/aromatic N) is 2. The van der Waals surface area contributed by atoms with Gasteiger partial charge >= 0.3 is 0 Å². The zero-order chi connectivity index (χ0) is 5.98. The number of aromatic nitrogens is 2. The Balaban J connectivity index is 2.84. The van der Waals surface area contributed by atoms with Gasteiger partial charge in [0.1, 0.15) is 0 Å². The highest BCUT2D eigenvalue weighted by molar-refractivity contribution is 5.36. The van der Waals surface area contributed by atoms with Crippen LogP contribution in [0.2, 0.25) is 0 Å². The summed E-state index contributed by atoms with van der Waals surface area (Å²) in [5.41, 5.74) is 1.05. The summed E-state index contributed by atoms with van der Waals surface area (Å²) in [6.07, 6.45) is 3.69. The molecular weight excluding hydrogens is 102 g/mol.